The largest absolute Gasteiger partial charge is 0.495 e. The molecule has 0 atom stereocenters. The number of carbonyl (C=O) groups is 1. The third kappa shape index (κ3) is 5.95. The molecule has 0 unspecified atom stereocenters. The van der Waals surface area contributed by atoms with Crippen LogP contribution >= 0.6 is 0 Å². The number of carbonyl (C=O) groups excluding carboxylic acids is 1. The Labute approximate surface area is 183 Å². The summed E-state index contributed by atoms with van der Waals surface area (Å²) in [6.07, 6.45) is -5.11. The molecule has 1 aromatic carbocycles. The Kier molecular flexibility index (Phi) is 6.85. The van der Waals surface area contributed by atoms with E-state index < -0.39 is 41.8 Å². The van der Waals surface area contributed by atoms with Crippen molar-refractivity contribution in [2.45, 2.75) is 97.9 Å². The van der Waals surface area contributed by atoms with Gasteiger partial charge in [-0.05, 0) is 79.4 Å². The van der Waals surface area contributed by atoms with Crippen LogP contribution in [0.25, 0.3) is 0 Å². The molecular formula is C22H33BF3NO4. The fourth-order valence-corrected chi connectivity index (χ4v) is 3.08. The zero-order valence-electron chi connectivity index (χ0n) is 19.8. The Balaban J connectivity index is 2.49. The van der Waals surface area contributed by atoms with E-state index in [1.54, 1.807) is 34.6 Å². The van der Waals surface area contributed by atoms with Gasteiger partial charge in [0.05, 0.1) is 16.8 Å². The Morgan fingerprint density at radius 2 is 1.61 bits per heavy atom. The van der Waals surface area contributed by atoms with Gasteiger partial charge in [0.15, 0.2) is 0 Å². The van der Waals surface area contributed by atoms with Gasteiger partial charge in [-0.1, -0.05) is 12.1 Å². The first-order chi connectivity index (χ1) is 13.8. The fourth-order valence-electron chi connectivity index (χ4n) is 3.08. The molecule has 0 bridgehead atoms. The Bertz CT molecular complexity index is 800. The molecule has 31 heavy (non-hydrogen) atoms. The first-order valence-electron chi connectivity index (χ1n) is 10.4. The van der Waals surface area contributed by atoms with Gasteiger partial charge in [-0.2, -0.15) is 13.2 Å². The predicted octanol–water partition coefficient (Wildman–Crippen LogP) is 5.15. The second kappa shape index (κ2) is 8.32. The lowest BCUT2D eigenvalue weighted by Gasteiger charge is -2.32. The molecule has 1 amide bonds. The molecule has 2 rings (SSSR count). The molecule has 5 nitrogen and oxygen atoms in total. The highest BCUT2D eigenvalue weighted by atomic mass is 19.4. The number of ether oxygens (including phenoxy) is 1. The van der Waals surface area contributed by atoms with Crippen molar-refractivity contribution in [2.75, 3.05) is 0 Å². The van der Waals surface area contributed by atoms with Crippen molar-refractivity contribution in [3.05, 3.63) is 29.3 Å². The van der Waals surface area contributed by atoms with Crippen LogP contribution in [0.2, 0.25) is 0 Å². The molecule has 1 heterocycles. The summed E-state index contributed by atoms with van der Waals surface area (Å²) in [5.74, 6) is 0. The molecule has 1 saturated heterocycles. The molecule has 0 aliphatic carbocycles. The maximum atomic E-state index is 13.4. The zero-order valence-corrected chi connectivity index (χ0v) is 19.8. The molecule has 9 heteroatoms. The quantitative estimate of drug-likeness (QED) is 0.604. The van der Waals surface area contributed by atoms with Gasteiger partial charge in [-0.15, -0.1) is 0 Å². The van der Waals surface area contributed by atoms with Gasteiger partial charge in [0, 0.05) is 12.6 Å². The minimum Gasteiger partial charge on any atom is -0.444 e. The highest BCUT2D eigenvalue weighted by Crippen LogP contribution is 2.37. The average Bonchev–Trinajstić information content (AvgIpc) is 2.77. The number of rotatable bonds is 4. The van der Waals surface area contributed by atoms with Crippen LogP contribution in [0, 0.1) is 0 Å². The van der Waals surface area contributed by atoms with Crippen molar-refractivity contribution < 1.29 is 32.0 Å². The standard InChI is InChI=1S/C22H33BF3NO4/c1-14(2)27(18(28)29-19(3,4)5)13-15-12-16(22(24,25)26)10-11-17(15)23-30-20(6,7)21(8,9)31-23/h10-12,14H,13H2,1-9H3. The van der Waals surface area contributed by atoms with Gasteiger partial charge in [-0.25, -0.2) is 4.79 Å². The Morgan fingerprint density at radius 3 is 2.03 bits per heavy atom. The monoisotopic (exact) mass is 443 g/mol. The first kappa shape index (κ1) is 25.5. The van der Waals surface area contributed by atoms with E-state index in [1.165, 1.54) is 11.0 Å². The summed E-state index contributed by atoms with van der Waals surface area (Å²) < 4.78 is 57.9. The molecule has 1 aliphatic rings. The molecule has 1 aliphatic heterocycles. The van der Waals surface area contributed by atoms with Crippen LogP contribution in [0.4, 0.5) is 18.0 Å². The number of nitrogens with zero attached hydrogens (tertiary/aromatic N) is 1. The number of hydrogen-bond acceptors (Lipinski definition) is 4. The second-order valence-corrected chi connectivity index (χ2v) is 10.2. The molecule has 1 aromatic rings. The lowest BCUT2D eigenvalue weighted by molar-refractivity contribution is -0.137. The van der Waals surface area contributed by atoms with Gasteiger partial charge >= 0.3 is 19.4 Å². The molecule has 0 saturated carbocycles. The molecule has 0 N–H and O–H groups in total. The van der Waals surface area contributed by atoms with Crippen molar-refractivity contribution in [3.63, 3.8) is 0 Å². The Hall–Kier alpha value is -1.74. The minimum atomic E-state index is -4.52. The maximum absolute atomic E-state index is 13.4. The summed E-state index contributed by atoms with van der Waals surface area (Å²) in [5, 5.41) is 0. The second-order valence-electron chi connectivity index (χ2n) is 10.2. The first-order valence-corrected chi connectivity index (χ1v) is 10.4. The average molecular weight is 443 g/mol. The Morgan fingerprint density at radius 1 is 1.10 bits per heavy atom. The summed E-state index contributed by atoms with van der Waals surface area (Å²) in [6.45, 7) is 16.2. The lowest BCUT2D eigenvalue weighted by atomic mass is 9.75. The third-order valence-corrected chi connectivity index (χ3v) is 5.57. The van der Waals surface area contributed by atoms with E-state index in [0.717, 1.165) is 12.1 Å². The lowest BCUT2D eigenvalue weighted by Crippen LogP contribution is -2.44. The number of benzene rings is 1. The van der Waals surface area contributed by atoms with Gasteiger partial charge < -0.3 is 18.9 Å². The molecular weight excluding hydrogens is 410 g/mol. The summed E-state index contributed by atoms with van der Waals surface area (Å²) in [5.41, 5.74) is -2.07. The number of amides is 1. The zero-order chi connectivity index (χ0) is 24.0. The van der Waals surface area contributed by atoms with Crippen LogP contribution in [0.3, 0.4) is 0 Å². The summed E-state index contributed by atoms with van der Waals surface area (Å²) >= 11 is 0. The van der Waals surface area contributed by atoms with Crippen molar-refractivity contribution in [2.24, 2.45) is 0 Å². The maximum Gasteiger partial charge on any atom is 0.495 e. The number of halogens is 3. The number of hydrogen-bond donors (Lipinski definition) is 0. The SMILES string of the molecule is CC(C)N(Cc1cc(C(F)(F)F)ccc1B1OC(C)(C)C(C)(C)O1)C(=O)OC(C)(C)C. The molecule has 0 aromatic heterocycles. The summed E-state index contributed by atoms with van der Waals surface area (Å²) in [7, 11) is -0.852. The van der Waals surface area contributed by atoms with E-state index in [1.807, 2.05) is 27.7 Å². The molecule has 0 spiro atoms. The van der Waals surface area contributed by atoms with Crippen LogP contribution in [0.15, 0.2) is 18.2 Å². The van der Waals surface area contributed by atoms with Crippen molar-refractivity contribution in [1.29, 1.82) is 0 Å². The normalized spacial score (nSPS) is 18.4. The van der Waals surface area contributed by atoms with Gasteiger partial charge in [-0.3, -0.25) is 0 Å². The highest BCUT2D eigenvalue weighted by Gasteiger charge is 2.52. The van der Waals surface area contributed by atoms with E-state index in [4.69, 9.17) is 14.0 Å². The smallest absolute Gasteiger partial charge is 0.444 e. The van der Waals surface area contributed by atoms with Crippen molar-refractivity contribution in [3.8, 4) is 0 Å². The van der Waals surface area contributed by atoms with Crippen molar-refractivity contribution >= 4 is 18.7 Å². The minimum absolute atomic E-state index is 0.0735. The van der Waals surface area contributed by atoms with E-state index in [2.05, 4.69) is 0 Å². The van der Waals surface area contributed by atoms with Gasteiger partial charge in [0.2, 0.25) is 0 Å². The fraction of sp³-hybridized carbons (Fsp3) is 0.682. The number of alkyl halides is 3. The van der Waals surface area contributed by atoms with Crippen LogP contribution in [0.5, 0.6) is 0 Å². The van der Waals surface area contributed by atoms with Crippen LogP contribution in [0.1, 0.15) is 73.4 Å². The molecule has 0 radical (unpaired) electrons. The third-order valence-electron chi connectivity index (χ3n) is 5.57. The van der Waals surface area contributed by atoms with Crippen LogP contribution in [-0.4, -0.2) is 41.0 Å². The topological polar surface area (TPSA) is 48.0 Å². The highest BCUT2D eigenvalue weighted by molar-refractivity contribution is 6.62. The van der Waals surface area contributed by atoms with Crippen LogP contribution < -0.4 is 5.46 Å². The predicted molar refractivity (Wildman–Crippen MR) is 114 cm³/mol. The molecule has 1 fully saturated rings. The van der Waals surface area contributed by atoms with E-state index >= 15 is 0 Å². The van der Waals surface area contributed by atoms with Crippen LogP contribution in [-0.2, 0) is 26.8 Å². The summed E-state index contributed by atoms with van der Waals surface area (Å²) in [6, 6.07) is 3.14. The molecule has 174 valence electrons. The van der Waals surface area contributed by atoms with E-state index in [0.29, 0.717) is 11.0 Å². The van der Waals surface area contributed by atoms with Gasteiger partial charge in [0.1, 0.15) is 5.60 Å². The van der Waals surface area contributed by atoms with E-state index in [9.17, 15) is 18.0 Å². The van der Waals surface area contributed by atoms with Gasteiger partial charge in [0.25, 0.3) is 0 Å². The van der Waals surface area contributed by atoms with Crippen molar-refractivity contribution in [1.82, 2.24) is 4.90 Å². The summed E-state index contributed by atoms with van der Waals surface area (Å²) in [4.78, 5) is 14.1. The van der Waals surface area contributed by atoms with E-state index in [-0.39, 0.29) is 12.6 Å².